The molecule has 0 radical (unpaired) electrons. The standard InChI is InChI=1S/C35H56N2O/c1-3-5-7-9-10-11-13-17-27-38-34-20-16-15-19-33(34)35-32(28-36-29-37-35)26-25-31-23-21-30(22-24-31)18-14-12-8-6-4-2/h15-16,19-20,28-31H,3-14,17-18,21-27H2,1-2H3. The van der Waals surface area contributed by atoms with Gasteiger partial charge in [-0.15, -0.1) is 0 Å². The van der Waals surface area contributed by atoms with Gasteiger partial charge in [-0.3, -0.25) is 0 Å². The van der Waals surface area contributed by atoms with Gasteiger partial charge in [0.15, 0.2) is 0 Å². The quantitative estimate of drug-likeness (QED) is 0.163. The van der Waals surface area contributed by atoms with Crippen LogP contribution in [-0.2, 0) is 6.42 Å². The van der Waals surface area contributed by atoms with Crippen LogP contribution in [0.2, 0.25) is 0 Å². The van der Waals surface area contributed by atoms with Crippen LogP contribution in [0.15, 0.2) is 36.8 Å². The van der Waals surface area contributed by atoms with Crippen molar-refractivity contribution in [2.45, 2.75) is 142 Å². The minimum absolute atomic E-state index is 0.786. The zero-order chi connectivity index (χ0) is 26.7. The maximum absolute atomic E-state index is 6.29. The van der Waals surface area contributed by atoms with E-state index in [1.807, 2.05) is 6.20 Å². The normalized spacial score (nSPS) is 17.5. The average Bonchev–Trinajstić information content (AvgIpc) is 2.96. The number of para-hydroxylation sites is 1. The van der Waals surface area contributed by atoms with Gasteiger partial charge in [0, 0.05) is 11.8 Å². The van der Waals surface area contributed by atoms with E-state index in [2.05, 4.69) is 43.1 Å². The number of hydrogen-bond acceptors (Lipinski definition) is 3. The van der Waals surface area contributed by atoms with Crippen LogP contribution < -0.4 is 4.74 Å². The molecule has 3 rings (SSSR count). The molecule has 0 spiro atoms. The third-order valence-electron chi connectivity index (χ3n) is 8.69. The molecule has 0 aliphatic heterocycles. The van der Waals surface area contributed by atoms with E-state index in [0.29, 0.717) is 0 Å². The van der Waals surface area contributed by atoms with Gasteiger partial charge in [0.05, 0.1) is 12.3 Å². The van der Waals surface area contributed by atoms with Crippen LogP contribution in [-0.4, -0.2) is 16.6 Å². The molecule has 1 aliphatic carbocycles. The molecule has 1 aliphatic rings. The molecule has 0 unspecified atom stereocenters. The van der Waals surface area contributed by atoms with E-state index in [1.54, 1.807) is 6.33 Å². The highest BCUT2D eigenvalue weighted by Crippen LogP contribution is 2.36. The third-order valence-corrected chi connectivity index (χ3v) is 8.69. The Morgan fingerprint density at radius 2 is 1.32 bits per heavy atom. The first-order valence-electron chi connectivity index (χ1n) is 16.3. The van der Waals surface area contributed by atoms with Crippen molar-refractivity contribution in [2.24, 2.45) is 11.8 Å². The second-order valence-corrected chi connectivity index (χ2v) is 11.8. The van der Waals surface area contributed by atoms with E-state index < -0.39 is 0 Å². The molecule has 38 heavy (non-hydrogen) atoms. The highest BCUT2D eigenvalue weighted by Gasteiger charge is 2.21. The Kier molecular flexibility index (Phi) is 15.5. The summed E-state index contributed by atoms with van der Waals surface area (Å²) >= 11 is 0. The molecular formula is C35H56N2O. The Labute approximate surface area is 234 Å². The van der Waals surface area contributed by atoms with Crippen molar-refractivity contribution in [2.75, 3.05) is 6.61 Å². The number of unbranched alkanes of at least 4 members (excludes halogenated alkanes) is 11. The Balaban J connectivity index is 1.43. The van der Waals surface area contributed by atoms with Gasteiger partial charge in [-0.2, -0.15) is 0 Å². The molecule has 1 fully saturated rings. The highest BCUT2D eigenvalue weighted by molar-refractivity contribution is 5.69. The van der Waals surface area contributed by atoms with Crippen LogP contribution in [0.1, 0.15) is 141 Å². The van der Waals surface area contributed by atoms with Crippen molar-refractivity contribution in [3.8, 4) is 17.0 Å². The number of ether oxygens (including phenoxy) is 1. The lowest BCUT2D eigenvalue weighted by atomic mass is 9.77. The topological polar surface area (TPSA) is 35.0 Å². The summed E-state index contributed by atoms with van der Waals surface area (Å²) in [5.74, 6) is 2.80. The summed E-state index contributed by atoms with van der Waals surface area (Å²) in [4.78, 5) is 9.14. The van der Waals surface area contributed by atoms with Gasteiger partial charge in [-0.25, -0.2) is 9.97 Å². The lowest BCUT2D eigenvalue weighted by molar-refractivity contribution is 0.248. The van der Waals surface area contributed by atoms with Gasteiger partial charge in [0.25, 0.3) is 0 Å². The molecule has 1 saturated carbocycles. The molecule has 0 bridgehead atoms. The second kappa shape index (κ2) is 19.2. The molecule has 0 saturated heterocycles. The number of nitrogens with zero attached hydrogens (tertiary/aromatic N) is 2. The van der Waals surface area contributed by atoms with Gasteiger partial charge in [0.1, 0.15) is 12.1 Å². The van der Waals surface area contributed by atoms with E-state index in [-0.39, 0.29) is 0 Å². The monoisotopic (exact) mass is 520 g/mol. The fraction of sp³-hybridized carbons (Fsp3) is 0.714. The fourth-order valence-corrected chi connectivity index (χ4v) is 6.20. The number of aromatic nitrogens is 2. The lowest BCUT2D eigenvalue weighted by Gasteiger charge is -2.28. The molecule has 1 aromatic carbocycles. The lowest BCUT2D eigenvalue weighted by Crippen LogP contribution is -2.15. The van der Waals surface area contributed by atoms with Crippen LogP contribution in [0, 0.1) is 11.8 Å². The molecule has 0 atom stereocenters. The molecule has 3 heteroatoms. The van der Waals surface area contributed by atoms with Crippen molar-refractivity contribution in [3.63, 3.8) is 0 Å². The number of rotatable bonds is 20. The van der Waals surface area contributed by atoms with Crippen LogP contribution in [0.3, 0.4) is 0 Å². The molecule has 0 N–H and O–H groups in total. The summed E-state index contributed by atoms with van der Waals surface area (Å²) in [5, 5.41) is 0. The Morgan fingerprint density at radius 1 is 0.711 bits per heavy atom. The first-order chi connectivity index (χ1) is 18.8. The number of benzene rings is 1. The molecule has 212 valence electrons. The molecule has 1 aromatic heterocycles. The van der Waals surface area contributed by atoms with E-state index in [9.17, 15) is 0 Å². The number of aryl methyl sites for hydroxylation is 1. The fourth-order valence-electron chi connectivity index (χ4n) is 6.20. The summed E-state index contributed by atoms with van der Waals surface area (Å²) in [5.41, 5.74) is 3.46. The Morgan fingerprint density at radius 3 is 2.03 bits per heavy atom. The maximum Gasteiger partial charge on any atom is 0.128 e. The molecular weight excluding hydrogens is 464 g/mol. The molecule has 3 nitrogen and oxygen atoms in total. The zero-order valence-corrected chi connectivity index (χ0v) is 24.8. The van der Waals surface area contributed by atoms with Crippen molar-refractivity contribution >= 4 is 0 Å². The van der Waals surface area contributed by atoms with Crippen molar-refractivity contribution < 1.29 is 4.74 Å². The summed E-state index contributed by atoms with van der Waals surface area (Å²) in [6.07, 6.45) is 30.8. The molecule has 1 heterocycles. The van der Waals surface area contributed by atoms with Crippen LogP contribution in [0.25, 0.3) is 11.3 Å². The Bertz CT molecular complexity index is 859. The summed E-state index contributed by atoms with van der Waals surface area (Å²) in [6, 6.07) is 8.46. The van der Waals surface area contributed by atoms with Crippen molar-refractivity contribution in [1.29, 1.82) is 0 Å². The molecule has 0 amide bonds. The first kappa shape index (κ1) is 30.6. The van der Waals surface area contributed by atoms with E-state index in [1.165, 1.54) is 121 Å². The van der Waals surface area contributed by atoms with Crippen molar-refractivity contribution in [3.05, 3.63) is 42.4 Å². The smallest absolute Gasteiger partial charge is 0.128 e. The van der Waals surface area contributed by atoms with Crippen LogP contribution in [0.5, 0.6) is 5.75 Å². The largest absolute Gasteiger partial charge is 0.493 e. The van der Waals surface area contributed by atoms with Gasteiger partial charge in [-0.05, 0) is 48.8 Å². The minimum Gasteiger partial charge on any atom is -0.493 e. The summed E-state index contributed by atoms with van der Waals surface area (Å²) < 4.78 is 6.29. The van der Waals surface area contributed by atoms with E-state index >= 15 is 0 Å². The average molecular weight is 521 g/mol. The van der Waals surface area contributed by atoms with Gasteiger partial charge in [-0.1, -0.05) is 135 Å². The van der Waals surface area contributed by atoms with Gasteiger partial charge < -0.3 is 4.74 Å². The van der Waals surface area contributed by atoms with Crippen LogP contribution in [0.4, 0.5) is 0 Å². The SMILES string of the molecule is CCCCCCCCCCOc1ccccc1-c1ncncc1CCC1CCC(CCCCCCC)CC1. The van der Waals surface area contributed by atoms with Crippen molar-refractivity contribution in [1.82, 2.24) is 9.97 Å². The maximum atomic E-state index is 6.29. The second-order valence-electron chi connectivity index (χ2n) is 11.8. The number of hydrogen-bond donors (Lipinski definition) is 0. The van der Waals surface area contributed by atoms with Gasteiger partial charge in [0.2, 0.25) is 0 Å². The molecule has 2 aromatic rings. The Hall–Kier alpha value is -1.90. The van der Waals surface area contributed by atoms with E-state index in [0.717, 1.165) is 48.3 Å². The minimum atomic E-state index is 0.786. The zero-order valence-electron chi connectivity index (χ0n) is 24.8. The third kappa shape index (κ3) is 11.5. The first-order valence-corrected chi connectivity index (χ1v) is 16.3. The van der Waals surface area contributed by atoms with Crippen LogP contribution >= 0.6 is 0 Å². The summed E-state index contributed by atoms with van der Waals surface area (Å²) in [6.45, 7) is 5.37. The van der Waals surface area contributed by atoms with E-state index in [4.69, 9.17) is 9.72 Å². The predicted molar refractivity (Wildman–Crippen MR) is 163 cm³/mol. The van der Waals surface area contributed by atoms with Gasteiger partial charge >= 0.3 is 0 Å². The highest BCUT2D eigenvalue weighted by atomic mass is 16.5. The predicted octanol–water partition coefficient (Wildman–Crippen LogP) is 10.8. The summed E-state index contributed by atoms with van der Waals surface area (Å²) in [7, 11) is 0.